The molecule has 0 spiro atoms. The summed E-state index contributed by atoms with van der Waals surface area (Å²) in [7, 11) is 0. The molecule has 2 unspecified atom stereocenters. The second-order valence-electron chi connectivity index (χ2n) is 7.77. The van der Waals surface area contributed by atoms with Gasteiger partial charge in [0.1, 0.15) is 5.75 Å². The molecule has 0 bridgehead atoms. The summed E-state index contributed by atoms with van der Waals surface area (Å²) in [5, 5.41) is 10.4. The number of hydrogen-bond acceptors (Lipinski definition) is 3. The molecular formula is C26H19ClN2O. The molecule has 0 amide bonds. The first-order chi connectivity index (χ1) is 14.8. The Balaban J connectivity index is 1.44. The Morgan fingerprint density at radius 2 is 1.60 bits per heavy atom. The van der Waals surface area contributed by atoms with E-state index in [1.54, 1.807) is 0 Å². The van der Waals surface area contributed by atoms with Gasteiger partial charge in [0.05, 0.1) is 11.8 Å². The molecule has 3 nitrogen and oxygen atoms in total. The van der Waals surface area contributed by atoms with Crippen LogP contribution in [0.3, 0.4) is 0 Å². The van der Waals surface area contributed by atoms with Crippen molar-refractivity contribution >= 4 is 28.1 Å². The van der Waals surface area contributed by atoms with Gasteiger partial charge in [-0.1, -0.05) is 78.3 Å². The van der Waals surface area contributed by atoms with E-state index in [0.29, 0.717) is 5.02 Å². The van der Waals surface area contributed by atoms with Crippen LogP contribution in [-0.4, -0.2) is 10.7 Å². The molecule has 0 radical (unpaired) electrons. The molecule has 0 aliphatic carbocycles. The van der Waals surface area contributed by atoms with Crippen LogP contribution in [0.4, 0.5) is 0 Å². The van der Waals surface area contributed by atoms with E-state index < -0.39 is 0 Å². The molecule has 4 heteroatoms. The highest BCUT2D eigenvalue weighted by molar-refractivity contribution is 6.30. The van der Waals surface area contributed by atoms with Crippen LogP contribution in [0.25, 0.3) is 10.8 Å². The highest BCUT2D eigenvalue weighted by atomic mass is 35.5. The molecule has 30 heavy (non-hydrogen) atoms. The molecule has 146 valence electrons. The normalized spacial score (nSPS) is 19.8. The van der Waals surface area contributed by atoms with Crippen LogP contribution >= 0.6 is 11.6 Å². The topological polar surface area (TPSA) is 24.8 Å². The molecule has 2 atom stereocenters. The fourth-order valence-electron chi connectivity index (χ4n) is 4.42. The van der Waals surface area contributed by atoms with Crippen molar-refractivity contribution in [1.82, 2.24) is 5.01 Å². The minimum atomic E-state index is -0.278. The van der Waals surface area contributed by atoms with E-state index in [1.165, 1.54) is 16.3 Å². The molecule has 4 aromatic rings. The SMILES string of the molecule is Clc1ccc(C2Oc3ccccc3C3CC(c4ccc5ccccc5c4)=NN32)cc1. The summed E-state index contributed by atoms with van der Waals surface area (Å²) in [5.41, 5.74) is 4.48. The van der Waals surface area contributed by atoms with Gasteiger partial charge in [0, 0.05) is 22.6 Å². The van der Waals surface area contributed by atoms with E-state index >= 15 is 0 Å². The number of benzene rings is 4. The summed E-state index contributed by atoms with van der Waals surface area (Å²) in [5.74, 6) is 0.925. The third-order valence-corrected chi connectivity index (χ3v) is 6.19. The summed E-state index contributed by atoms with van der Waals surface area (Å²) in [6, 6.07) is 31.3. The second-order valence-corrected chi connectivity index (χ2v) is 8.20. The first-order valence-electron chi connectivity index (χ1n) is 10.1. The van der Waals surface area contributed by atoms with Gasteiger partial charge in [0.25, 0.3) is 0 Å². The third-order valence-electron chi connectivity index (χ3n) is 5.94. The molecule has 2 heterocycles. The van der Waals surface area contributed by atoms with Gasteiger partial charge in [-0.3, -0.25) is 0 Å². The number of hydrogen-bond donors (Lipinski definition) is 0. The van der Waals surface area contributed by atoms with Gasteiger partial charge >= 0.3 is 0 Å². The quantitative estimate of drug-likeness (QED) is 0.365. The van der Waals surface area contributed by atoms with E-state index in [2.05, 4.69) is 59.6 Å². The predicted molar refractivity (Wildman–Crippen MR) is 121 cm³/mol. The van der Waals surface area contributed by atoms with Crippen molar-refractivity contribution in [3.05, 3.63) is 113 Å². The zero-order valence-corrected chi connectivity index (χ0v) is 17.0. The highest BCUT2D eigenvalue weighted by Gasteiger charge is 2.40. The lowest BCUT2D eigenvalue weighted by molar-refractivity contribution is -0.0190. The molecule has 0 fully saturated rings. The maximum Gasteiger partial charge on any atom is 0.213 e. The fourth-order valence-corrected chi connectivity index (χ4v) is 4.55. The summed E-state index contributed by atoms with van der Waals surface area (Å²) < 4.78 is 6.40. The standard InChI is InChI=1S/C26H19ClN2O/c27-21-13-11-18(12-14-21)26-29-24(22-7-3-4-8-25(22)30-26)16-23(28-29)20-10-9-17-5-1-2-6-19(17)15-20/h1-15,24,26H,16H2. The molecule has 4 aromatic carbocycles. The molecule has 0 saturated carbocycles. The Labute approximate surface area is 180 Å². The largest absolute Gasteiger partial charge is 0.464 e. The molecule has 0 N–H and O–H groups in total. The number of halogens is 1. The van der Waals surface area contributed by atoms with Crippen LogP contribution in [-0.2, 0) is 0 Å². The predicted octanol–water partition coefficient (Wildman–Crippen LogP) is 6.74. The highest BCUT2D eigenvalue weighted by Crippen LogP contribution is 2.47. The van der Waals surface area contributed by atoms with Crippen molar-refractivity contribution in [2.24, 2.45) is 5.10 Å². The molecule has 0 saturated heterocycles. The Kier molecular flexibility index (Phi) is 4.03. The van der Waals surface area contributed by atoms with Gasteiger partial charge in [-0.15, -0.1) is 0 Å². The Bertz CT molecular complexity index is 1280. The first-order valence-corrected chi connectivity index (χ1v) is 10.5. The number of hydrazone groups is 1. The lowest BCUT2D eigenvalue weighted by Gasteiger charge is -2.38. The van der Waals surface area contributed by atoms with Crippen molar-refractivity contribution in [2.45, 2.75) is 18.7 Å². The van der Waals surface area contributed by atoms with Gasteiger partial charge in [-0.25, -0.2) is 5.01 Å². The first kappa shape index (κ1) is 17.5. The fraction of sp³-hybridized carbons (Fsp3) is 0.115. The Hall–Kier alpha value is -3.30. The van der Waals surface area contributed by atoms with Gasteiger partial charge in [-0.2, -0.15) is 5.10 Å². The van der Waals surface area contributed by atoms with Crippen LogP contribution in [0.2, 0.25) is 5.02 Å². The van der Waals surface area contributed by atoms with E-state index in [1.807, 2.05) is 36.4 Å². The minimum Gasteiger partial charge on any atom is -0.464 e. The van der Waals surface area contributed by atoms with Crippen LogP contribution in [0.15, 0.2) is 96.1 Å². The lowest BCUT2D eigenvalue weighted by Crippen LogP contribution is -2.33. The molecule has 2 aliphatic heterocycles. The van der Waals surface area contributed by atoms with Crippen molar-refractivity contribution in [2.75, 3.05) is 0 Å². The average molecular weight is 411 g/mol. The van der Waals surface area contributed by atoms with Crippen molar-refractivity contribution < 1.29 is 4.74 Å². The van der Waals surface area contributed by atoms with Crippen molar-refractivity contribution in [3.63, 3.8) is 0 Å². The number of ether oxygens (including phenoxy) is 1. The van der Waals surface area contributed by atoms with Crippen molar-refractivity contribution in [1.29, 1.82) is 0 Å². The maximum atomic E-state index is 6.40. The van der Waals surface area contributed by atoms with Gasteiger partial charge in [0.15, 0.2) is 0 Å². The summed E-state index contributed by atoms with van der Waals surface area (Å²) in [6.07, 6.45) is 0.572. The van der Waals surface area contributed by atoms with E-state index in [4.69, 9.17) is 21.4 Å². The van der Waals surface area contributed by atoms with Gasteiger partial charge in [-0.05, 0) is 40.6 Å². The second kappa shape index (κ2) is 6.89. The summed E-state index contributed by atoms with van der Waals surface area (Å²) in [6.45, 7) is 0. The monoisotopic (exact) mass is 410 g/mol. The lowest BCUT2D eigenvalue weighted by atomic mass is 9.95. The Morgan fingerprint density at radius 3 is 2.47 bits per heavy atom. The van der Waals surface area contributed by atoms with Gasteiger partial charge in [0.2, 0.25) is 6.23 Å². The molecular weight excluding hydrogens is 392 g/mol. The van der Waals surface area contributed by atoms with E-state index in [0.717, 1.165) is 29.0 Å². The summed E-state index contributed by atoms with van der Waals surface area (Å²) >= 11 is 6.11. The minimum absolute atomic E-state index is 0.150. The average Bonchev–Trinajstić information content (AvgIpc) is 3.25. The zero-order valence-electron chi connectivity index (χ0n) is 16.2. The maximum absolute atomic E-state index is 6.40. The molecule has 0 aromatic heterocycles. The number of rotatable bonds is 2. The smallest absolute Gasteiger partial charge is 0.213 e. The van der Waals surface area contributed by atoms with E-state index in [9.17, 15) is 0 Å². The Morgan fingerprint density at radius 1 is 0.833 bits per heavy atom. The third kappa shape index (κ3) is 2.86. The van der Waals surface area contributed by atoms with Gasteiger partial charge < -0.3 is 4.74 Å². The van der Waals surface area contributed by atoms with Crippen LogP contribution in [0.5, 0.6) is 5.75 Å². The van der Waals surface area contributed by atoms with Crippen LogP contribution < -0.4 is 4.74 Å². The van der Waals surface area contributed by atoms with Crippen LogP contribution in [0, 0.1) is 0 Å². The van der Waals surface area contributed by atoms with E-state index in [-0.39, 0.29) is 12.3 Å². The summed E-state index contributed by atoms with van der Waals surface area (Å²) in [4.78, 5) is 0. The molecule has 6 rings (SSSR count). The van der Waals surface area contributed by atoms with Crippen LogP contribution in [0.1, 0.15) is 35.4 Å². The zero-order chi connectivity index (χ0) is 20.1. The molecule has 2 aliphatic rings. The number of fused-ring (bicyclic) bond motifs is 4. The number of para-hydroxylation sites is 1. The number of nitrogens with zero attached hydrogens (tertiary/aromatic N) is 2. The van der Waals surface area contributed by atoms with Crippen molar-refractivity contribution in [3.8, 4) is 5.75 Å².